The topological polar surface area (TPSA) is 75.7 Å². The van der Waals surface area contributed by atoms with Crippen LogP contribution in [0.2, 0.25) is 0 Å². The zero-order chi connectivity index (χ0) is 12.8. The molecule has 0 bridgehead atoms. The van der Waals surface area contributed by atoms with Crippen molar-refractivity contribution >= 4 is 19.7 Å². The summed E-state index contributed by atoms with van der Waals surface area (Å²) in [5.41, 5.74) is 0.883. The summed E-state index contributed by atoms with van der Waals surface area (Å²) >= 11 is 0. The first kappa shape index (κ1) is 11.7. The number of nitrogens with one attached hydrogen (secondary N) is 1. The van der Waals surface area contributed by atoms with Gasteiger partial charge >= 0.3 is 0 Å². The lowest BCUT2D eigenvalue weighted by Crippen LogP contribution is -2.10. The number of aromatic nitrogens is 3. The Morgan fingerprint density at radius 1 is 1.22 bits per heavy atom. The second kappa shape index (κ2) is 3.80. The molecule has 3 rings (SSSR count). The molecule has 2 aromatic rings. The molecular weight excluding hydrogens is 274 g/mol. The molecule has 0 spiro atoms. The van der Waals surface area contributed by atoms with Crippen molar-refractivity contribution in [3.8, 4) is 0 Å². The van der Waals surface area contributed by atoms with Crippen molar-refractivity contribution < 1.29 is 8.42 Å². The average molecular weight is 284 g/mol. The lowest BCUT2D eigenvalue weighted by molar-refractivity contribution is 0.601. The highest BCUT2D eigenvalue weighted by Gasteiger charge is 2.49. The van der Waals surface area contributed by atoms with Crippen molar-refractivity contribution in [1.29, 1.82) is 0 Å². The molecule has 1 aromatic heterocycles. The lowest BCUT2D eigenvalue weighted by Gasteiger charge is -2.11. The highest BCUT2D eigenvalue weighted by Crippen LogP contribution is 2.52. The van der Waals surface area contributed by atoms with Gasteiger partial charge in [-0.3, -0.25) is 5.10 Å². The van der Waals surface area contributed by atoms with Crippen LogP contribution in [0.3, 0.4) is 0 Å². The molecule has 0 atom stereocenters. The minimum atomic E-state index is -3.88. The Kier molecular flexibility index (Phi) is 2.46. The molecule has 1 aromatic carbocycles. The number of halogens is 1. The van der Waals surface area contributed by atoms with Crippen LogP contribution in [-0.4, -0.2) is 23.6 Å². The molecule has 1 saturated carbocycles. The predicted molar refractivity (Wildman–Crippen MR) is 65.9 cm³/mol. The fraction of sp³-hybridized carbons (Fsp3) is 0.273. The molecule has 1 aliphatic rings. The third-order valence-electron chi connectivity index (χ3n) is 3.21. The third-order valence-corrected chi connectivity index (χ3v) is 4.25. The van der Waals surface area contributed by atoms with Gasteiger partial charge in [-0.15, -0.1) is 5.10 Å². The van der Waals surface area contributed by atoms with Crippen molar-refractivity contribution in [2.45, 2.75) is 23.4 Å². The summed E-state index contributed by atoms with van der Waals surface area (Å²) in [6.07, 6.45) is 1.85. The van der Waals surface area contributed by atoms with Gasteiger partial charge in [0.15, 0.2) is 0 Å². The van der Waals surface area contributed by atoms with Gasteiger partial charge < -0.3 is 0 Å². The molecule has 1 fully saturated rings. The minimum Gasteiger partial charge on any atom is -0.261 e. The minimum absolute atomic E-state index is 0.228. The Morgan fingerprint density at radius 2 is 1.89 bits per heavy atom. The Morgan fingerprint density at radius 3 is 2.39 bits per heavy atom. The molecule has 0 amide bonds. The van der Waals surface area contributed by atoms with Gasteiger partial charge in [0.25, 0.3) is 14.2 Å². The Bertz CT molecular complexity index is 677. The highest BCUT2D eigenvalue weighted by molar-refractivity contribution is 8.13. The van der Waals surface area contributed by atoms with E-state index >= 15 is 0 Å². The van der Waals surface area contributed by atoms with E-state index in [1.165, 1.54) is 0 Å². The quantitative estimate of drug-likeness (QED) is 0.872. The zero-order valence-corrected chi connectivity index (χ0v) is 10.9. The molecule has 0 unspecified atom stereocenters. The maximum Gasteiger partial charge on any atom is 0.298 e. The van der Waals surface area contributed by atoms with Gasteiger partial charge in [-0.25, -0.2) is 13.4 Å². The number of aromatic amines is 1. The van der Waals surface area contributed by atoms with Gasteiger partial charge in [-0.1, -0.05) is 30.3 Å². The fourth-order valence-corrected chi connectivity index (χ4v) is 2.68. The van der Waals surface area contributed by atoms with Crippen LogP contribution in [0.4, 0.5) is 0 Å². The summed E-state index contributed by atoms with van der Waals surface area (Å²) in [4.78, 5) is 4.01. The second-order valence-corrected chi connectivity index (χ2v) is 6.81. The van der Waals surface area contributed by atoms with Crippen molar-refractivity contribution in [3.63, 3.8) is 0 Å². The Labute approximate surface area is 109 Å². The summed E-state index contributed by atoms with van der Waals surface area (Å²) in [6, 6.07) is 9.85. The summed E-state index contributed by atoms with van der Waals surface area (Å²) < 4.78 is 22.3. The highest BCUT2D eigenvalue weighted by atomic mass is 35.7. The Balaban J connectivity index is 2.04. The smallest absolute Gasteiger partial charge is 0.261 e. The number of benzene rings is 1. The van der Waals surface area contributed by atoms with Gasteiger partial charge in [0.1, 0.15) is 5.82 Å². The van der Waals surface area contributed by atoms with Crippen molar-refractivity contribution in [3.05, 3.63) is 41.7 Å². The summed E-state index contributed by atoms with van der Waals surface area (Å²) in [7, 11) is 1.34. The zero-order valence-electron chi connectivity index (χ0n) is 9.30. The van der Waals surface area contributed by atoms with Crippen LogP contribution >= 0.6 is 10.7 Å². The molecular formula is C11H10ClN3O2S. The van der Waals surface area contributed by atoms with Crippen LogP contribution in [-0.2, 0) is 14.5 Å². The van der Waals surface area contributed by atoms with Crippen molar-refractivity contribution in [2.24, 2.45) is 0 Å². The van der Waals surface area contributed by atoms with Crippen LogP contribution in [0.1, 0.15) is 24.2 Å². The van der Waals surface area contributed by atoms with E-state index in [1.807, 2.05) is 30.3 Å². The first-order valence-electron chi connectivity index (χ1n) is 5.45. The number of nitrogens with zero attached hydrogens (tertiary/aromatic N) is 2. The predicted octanol–water partition coefficient (Wildman–Crippen LogP) is 1.81. The van der Waals surface area contributed by atoms with Crippen LogP contribution in [0, 0.1) is 0 Å². The van der Waals surface area contributed by atoms with Gasteiger partial charge in [-0.05, 0) is 18.4 Å². The van der Waals surface area contributed by atoms with E-state index in [0.29, 0.717) is 5.82 Å². The Hall–Kier alpha value is -1.40. The number of hydrogen-bond acceptors (Lipinski definition) is 4. The van der Waals surface area contributed by atoms with E-state index < -0.39 is 9.05 Å². The van der Waals surface area contributed by atoms with Crippen LogP contribution in [0.15, 0.2) is 35.5 Å². The molecule has 0 radical (unpaired) electrons. The molecule has 7 heteroatoms. The van der Waals surface area contributed by atoms with E-state index in [9.17, 15) is 8.42 Å². The molecule has 0 aliphatic heterocycles. The lowest BCUT2D eigenvalue weighted by atomic mass is 9.95. The van der Waals surface area contributed by atoms with E-state index in [4.69, 9.17) is 10.7 Å². The number of H-pyrrole nitrogens is 1. The number of hydrogen-bond donors (Lipinski definition) is 1. The third kappa shape index (κ3) is 1.81. The summed E-state index contributed by atoms with van der Waals surface area (Å²) in [5, 5.41) is 5.99. The molecule has 94 valence electrons. The van der Waals surface area contributed by atoms with Crippen LogP contribution in [0.25, 0.3) is 0 Å². The number of rotatable bonds is 3. The maximum absolute atomic E-state index is 11.2. The van der Waals surface area contributed by atoms with Crippen LogP contribution in [0.5, 0.6) is 0 Å². The fourth-order valence-electron chi connectivity index (χ4n) is 2.11. The average Bonchev–Trinajstić information content (AvgIpc) is 2.99. The monoisotopic (exact) mass is 283 g/mol. The molecule has 1 N–H and O–H groups in total. The van der Waals surface area contributed by atoms with Gasteiger partial charge in [0.2, 0.25) is 0 Å². The largest absolute Gasteiger partial charge is 0.298 e. The summed E-state index contributed by atoms with van der Waals surface area (Å²) in [5.74, 6) is 0.563. The van der Waals surface area contributed by atoms with Crippen LogP contribution < -0.4 is 0 Å². The molecule has 1 aliphatic carbocycles. The normalized spacial score (nSPS) is 17.6. The standard InChI is InChI=1S/C11H10ClN3O2S/c12-18(16,17)10-13-9(14-15-10)11(6-7-11)8-4-2-1-3-5-8/h1-5H,6-7H2,(H,13,14,15). The molecule has 1 heterocycles. The van der Waals surface area contributed by atoms with Crippen molar-refractivity contribution in [2.75, 3.05) is 0 Å². The first-order chi connectivity index (χ1) is 8.52. The van der Waals surface area contributed by atoms with E-state index in [1.54, 1.807) is 0 Å². The van der Waals surface area contributed by atoms with E-state index in [-0.39, 0.29) is 10.6 Å². The first-order valence-corrected chi connectivity index (χ1v) is 7.76. The molecule has 5 nitrogen and oxygen atoms in total. The van der Waals surface area contributed by atoms with Gasteiger partial charge in [0.05, 0.1) is 5.41 Å². The maximum atomic E-state index is 11.2. The SMILES string of the molecule is O=S(=O)(Cl)c1n[nH]c(C2(c3ccccc3)CC2)n1. The van der Waals surface area contributed by atoms with Gasteiger partial charge in [0, 0.05) is 10.7 Å². The van der Waals surface area contributed by atoms with Gasteiger partial charge in [-0.2, -0.15) is 0 Å². The molecule has 0 saturated heterocycles. The van der Waals surface area contributed by atoms with E-state index in [2.05, 4.69) is 15.2 Å². The summed E-state index contributed by atoms with van der Waals surface area (Å²) in [6.45, 7) is 0. The van der Waals surface area contributed by atoms with Crippen molar-refractivity contribution in [1.82, 2.24) is 15.2 Å². The second-order valence-electron chi connectivity index (χ2n) is 4.35. The van der Waals surface area contributed by atoms with E-state index in [0.717, 1.165) is 18.4 Å². The molecule has 18 heavy (non-hydrogen) atoms.